The molecule has 4 nitrogen and oxygen atoms in total. The van der Waals surface area contributed by atoms with E-state index in [0.29, 0.717) is 18.2 Å². The average molecular weight is 289 g/mol. The van der Waals surface area contributed by atoms with E-state index in [4.69, 9.17) is 0 Å². The van der Waals surface area contributed by atoms with Crippen molar-refractivity contribution >= 4 is 5.91 Å². The van der Waals surface area contributed by atoms with Gasteiger partial charge in [-0.2, -0.15) is 0 Å². The SMILES string of the molecule is CCCN(CC1CCNCC1)C(=O)CCc1ccncc1. The first-order chi connectivity index (χ1) is 10.3. The number of rotatable bonds is 7. The average Bonchev–Trinajstić information content (AvgIpc) is 2.54. The summed E-state index contributed by atoms with van der Waals surface area (Å²) in [4.78, 5) is 18.6. The molecule has 1 fully saturated rings. The molecule has 2 heterocycles. The molecule has 1 aliphatic rings. The van der Waals surface area contributed by atoms with Gasteiger partial charge in [0, 0.05) is 31.9 Å². The second kappa shape index (κ2) is 8.78. The van der Waals surface area contributed by atoms with Crippen LogP contribution in [-0.4, -0.2) is 42.0 Å². The summed E-state index contributed by atoms with van der Waals surface area (Å²) >= 11 is 0. The summed E-state index contributed by atoms with van der Waals surface area (Å²) in [6, 6.07) is 3.98. The van der Waals surface area contributed by atoms with Crippen LogP contribution >= 0.6 is 0 Å². The molecule has 2 rings (SSSR count). The summed E-state index contributed by atoms with van der Waals surface area (Å²) in [5, 5.41) is 3.39. The van der Waals surface area contributed by atoms with Crippen molar-refractivity contribution in [3.63, 3.8) is 0 Å². The zero-order valence-corrected chi connectivity index (χ0v) is 13.1. The number of piperidine rings is 1. The highest BCUT2D eigenvalue weighted by Gasteiger charge is 2.20. The Morgan fingerprint density at radius 1 is 1.33 bits per heavy atom. The first kappa shape index (κ1) is 16.0. The predicted molar refractivity (Wildman–Crippen MR) is 85.0 cm³/mol. The lowest BCUT2D eigenvalue weighted by atomic mass is 9.97. The number of carbonyl (C=O) groups is 1. The molecule has 0 aliphatic carbocycles. The van der Waals surface area contributed by atoms with Crippen molar-refractivity contribution in [2.45, 2.75) is 39.0 Å². The number of nitrogens with one attached hydrogen (secondary N) is 1. The quantitative estimate of drug-likeness (QED) is 0.837. The monoisotopic (exact) mass is 289 g/mol. The van der Waals surface area contributed by atoms with E-state index in [0.717, 1.165) is 39.0 Å². The number of pyridine rings is 1. The number of carbonyl (C=O) groups excluding carboxylic acids is 1. The van der Waals surface area contributed by atoms with Gasteiger partial charge in [-0.3, -0.25) is 9.78 Å². The summed E-state index contributed by atoms with van der Waals surface area (Å²) in [5.74, 6) is 0.967. The lowest BCUT2D eigenvalue weighted by molar-refractivity contribution is -0.132. The van der Waals surface area contributed by atoms with E-state index in [-0.39, 0.29) is 0 Å². The molecular formula is C17H27N3O. The third kappa shape index (κ3) is 5.46. The largest absolute Gasteiger partial charge is 0.342 e. The van der Waals surface area contributed by atoms with Crippen molar-refractivity contribution in [1.82, 2.24) is 15.2 Å². The number of hydrogen-bond donors (Lipinski definition) is 1. The molecule has 0 aromatic carbocycles. The lowest BCUT2D eigenvalue weighted by Crippen LogP contribution is -2.39. The molecule has 0 saturated carbocycles. The van der Waals surface area contributed by atoms with Gasteiger partial charge in [-0.05, 0) is 62.4 Å². The van der Waals surface area contributed by atoms with Crippen LogP contribution in [0.4, 0.5) is 0 Å². The van der Waals surface area contributed by atoms with Gasteiger partial charge in [0.2, 0.25) is 5.91 Å². The molecule has 0 bridgehead atoms. The molecule has 116 valence electrons. The van der Waals surface area contributed by atoms with Gasteiger partial charge in [0.1, 0.15) is 0 Å². The molecule has 1 aliphatic heterocycles. The number of aromatic nitrogens is 1. The lowest BCUT2D eigenvalue weighted by Gasteiger charge is -2.30. The topological polar surface area (TPSA) is 45.2 Å². The van der Waals surface area contributed by atoms with Gasteiger partial charge < -0.3 is 10.2 Å². The number of nitrogens with zero attached hydrogens (tertiary/aromatic N) is 2. The summed E-state index contributed by atoms with van der Waals surface area (Å²) < 4.78 is 0. The minimum Gasteiger partial charge on any atom is -0.342 e. The van der Waals surface area contributed by atoms with Crippen LogP contribution in [0.5, 0.6) is 0 Å². The maximum atomic E-state index is 12.5. The van der Waals surface area contributed by atoms with Crippen LogP contribution < -0.4 is 5.32 Å². The zero-order valence-electron chi connectivity index (χ0n) is 13.1. The molecular weight excluding hydrogens is 262 g/mol. The summed E-state index contributed by atoms with van der Waals surface area (Å²) in [6.45, 7) is 6.15. The van der Waals surface area contributed by atoms with Crippen molar-refractivity contribution in [3.05, 3.63) is 30.1 Å². The fourth-order valence-electron chi connectivity index (χ4n) is 2.92. The molecule has 1 aromatic rings. The van der Waals surface area contributed by atoms with Gasteiger partial charge in [-0.25, -0.2) is 0 Å². The van der Waals surface area contributed by atoms with Crippen molar-refractivity contribution < 1.29 is 4.79 Å². The molecule has 4 heteroatoms. The Labute approximate surface area is 127 Å². The Morgan fingerprint density at radius 2 is 2.05 bits per heavy atom. The molecule has 1 saturated heterocycles. The van der Waals surface area contributed by atoms with Crippen LogP contribution in [0, 0.1) is 5.92 Å². The first-order valence-corrected chi connectivity index (χ1v) is 8.17. The van der Waals surface area contributed by atoms with Gasteiger partial charge >= 0.3 is 0 Å². The zero-order chi connectivity index (χ0) is 14.9. The molecule has 0 spiro atoms. The van der Waals surface area contributed by atoms with Crippen molar-refractivity contribution in [3.8, 4) is 0 Å². The Balaban J connectivity index is 1.82. The van der Waals surface area contributed by atoms with Gasteiger partial charge in [0.15, 0.2) is 0 Å². The third-order valence-electron chi connectivity index (χ3n) is 4.16. The van der Waals surface area contributed by atoms with E-state index >= 15 is 0 Å². The van der Waals surface area contributed by atoms with Crippen molar-refractivity contribution in [2.75, 3.05) is 26.2 Å². The van der Waals surface area contributed by atoms with Gasteiger partial charge in [-0.1, -0.05) is 6.92 Å². The smallest absolute Gasteiger partial charge is 0.222 e. The Morgan fingerprint density at radius 3 is 2.71 bits per heavy atom. The predicted octanol–water partition coefficient (Wildman–Crippen LogP) is 2.25. The van der Waals surface area contributed by atoms with E-state index in [2.05, 4.69) is 22.1 Å². The summed E-state index contributed by atoms with van der Waals surface area (Å²) in [5.41, 5.74) is 1.19. The second-order valence-electron chi connectivity index (χ2n) is 5.89. The summed E-state index contributed by atoms with van der Waals surface area (Å²) in [6.07, 6.45) is 8.42. The molecule has 0 radical (unpaired) electrons. The highest BCUT2D eigenvalue weighted by molar-refractivity contribution is 5.76. The second-order valence-corrected chi connectivity index (χ2v) is 5.89. The molecule has 1 N–H and O–H groups in total. The van der Waals surface area contributed by atoms with E-state index in [9.17, 15) is 4.79 Å². The molecule has 0 atom stereocenters. The molecule has 1 aromatic heterocycles. The maximum absolute atomic E-state index is 12.5. The number of amides is 1. The van der Waals surface area contributed by atoms with Gasteiger partial charge in [0.25, 0.3) is 0 Å². The number of aryl methyl sites for hydroxylation is 1. The summed E-state index contributed by atoms with van der Waals surface area (Å²) in [7, 11) is 0. The standard InChI is InChI=1S/C17H27N3O/c1-2-13-20(14-16-7-11-19-12-8-16)17(21)4-3-15-5-9-18-10-6-15/h5-6,9-10,16,19H,2-4,7-8,11-14H2,1H3. The molecule has 21 heavy (non-hydrogen) atoms. The van der Waals surface area contributed by atoms with Crippen LogP contribution in [0.15, 0.2) is 24.5 Å². The molecule has 1 amide bonds. The third-order valence-corrected chi connectivity index (χ3v) is 4.16. The minimum atomic E-state index is 0.298. The van der Waals surface area contributed by atoms with Crippen LogP contribution in [-0.2, 0) is 11.2 Å². The number of hydrogen-bond acceptors (Lipinski definition) is 3. The van der Waals surface area contributed by atoms with Crippen LogP contribution in [0.1, 0.15) is 38.2 Å². The fraction of sp³-hybridized carbons (Fsp3) is 0.647. The molecule has 0 unspecified atom stereocenters. The van der Waals surface area contributed by atoms with Crippen LogP contribution in [0.3, 0.4) is 0 Å². The first-order valence-electron chi connectivity index (χ1n) is 8.17. The normalized spacial score (nSPS) is 15.9. The maximum Gasteiger partial charge on any atom is 0.222 e. The Bertz CT molecular complexity index is 415. The van der Waals surface area contributed by atoms with E-state index in [1.54, 1.807) is 12.4 Å². The van der Waals surface area contributed by atoms with Crippen LogP contribution in [0.2, 0.25) is 0 Å². The van der Waals surface area contributed by atoms with Gasteiger partial charge in [0.05, 0.1) is 0 Å². The Hall–Kier alpha value is -1.42. The van der Waals surface area contributed by atoms with Crippen LogP contribution in [0.25, 0.3) is 0 Å². The van der Waals surface area contributed by atoms with Crippen molar-refractivity contribution in [1.29, 1.82) is 0 Å². The van der Waals surface area contributed by atoms with Crippen molar-refractivity contribution in [2.24, 2.45) is 5.92 Å². The van der Waals surface area contributed by atoms with E-state index in [1.165, 1.54) is 18.4 Å². The highest BCUT2D eigenvalue weighted by atomic mass is 16.2. The Kier molecular flexibility index (Phi) is 6.67. The fourth-order valence-corrected chi connectivity index (χ4v) is 2.92. The highest BCUT2D eigenvalue weighted by Crippen LogP contribution is 2.15. The minimum absolute atomic E-state index is 0.298. The van der Waals surface area contributed by atoms with E-state index < -0.39 is 0 Å². The van der Waals surface area contributed by atoms with Gasteiger partial charge in [-0.15, -0.1) is 0 Å². The van der Waals surface area contributed by atoms with E-state index in [1.807, 2.05) is 12.1 Å².